The molecule has 0 aliphatic carbocycles. The molecule has 2 N–H and O–H groups in total. The average molecular weight is 250 g/mol. The quantitative estimate of drug-likeness (QED) is 0.719. The van der Waals surface area contributed by atoms with Gasteiger partial charge in [-0.25, -0.2) is 4.98 Å². The second kappa shape index (κ2) is 3.50. The SMILES string of the molecule is Nc1ccn2c(-c3cccs3)nc(Cl)c2c1. The lowest BCUT2D eigenvalue weighted by Crippen LogP contribution is -1.90. The number of fused-ring (bicyclic) bond motifs is 1. The van der Waals surface area contributed by atoms with E-state index < -0.39 is 0 Å². The largest absolute Gasteiger partial charge is 0.399 e. The molecule has 0 aliphatic rings. The number of aromatic nitrogens is 2. The van der Waals surface area contributed by atoms with Crippen molar-refractivity contribution in [3.63, 3.8) is 0 Å². The Labute approximate surface area is 101 Å². The summed E-state index contributed by atoms with van der Waals surface area (Å²) in [6.45, 7) is 0. The predicted molar refractivity (Wildman–Crippen MR) is 67.9 cm³/mol. The molecule has 0 radical (unpaired) electrons. The summed E-state index contributed by atoms with van der Waals surface area (Å²) in [5, 5.41) is 2.50. The van der Waals surface area contributed by atoms with Crippen molar-refractivity contribution in [3.05, 3.63) is 41.0 Å². The van der Waals surface area contributed by atoms with Crippen LogP contribution < -0.4 is 5.73 Å². The molecule has 0 bridgehead atoms. The summed E-state index contributed by atoms with van der Waals surface area (Å²) in [5.41, 5.74) is 7.25. The highest BCUT2D eigenvalue weighted by Crippen LogP contribution is 2.29. The van der Waals surface area contributed by atoms with Gasteiger partial charge in [-0.3, -0.25) is 4.40 Å². The maximum atomic E-state index is 6.08. The van der Waals surface area contributed by atoms with E-state index in [9.17, 15) is 0 Å². The maximum absolute atomic E-state index is 6.08. The van der Waals surface area contributed by atoms with Gasteiger partial charge in [0.2, 0.25) is 0 Å². The number of imidazole rings is 1. The number of anilines is 1. The van der Waals surface area contributed by atoms with Crippen LogP contribution in [0.1, 0.15) is 0 Å². The van der Waals surface area contributed by atoms with E-state index >= 15 is 0 Å². The van der Waals surface area contributed by atoms with E-state index in [1.807, 2.05) is 40.2 Å². The summed E-state index contributed by atoms with van der Waals surface area (Å²) >= 11 is 7.72. The van der Waals surface area contributed by atoms with Crippen molar-refractivity contribution in [3.8, 4) is 10.7 Å². The third-order valence-electron chi connectivity index (χ3n) is 2.36. The third kappa shape index (κ3) is 1.38. The van der Waals surface area contributed by atoms with Gasteiger partial charge in [0.1, 0.15) is 0 Å². The summed E-state index contributed by atoms with van der Waals surface area (Å²) in [6, 6.07) is 7.67. The van der Waals surface area contributed by atoms with Crippen molar-refractivity contribution in [2.75, 3.05) is 5.73 Å². The Balaban J connectivity index is 2.35. The van der Waals surface area contributed by atoms with E-state index in [4.69, 9.17) is 17.3 Å². The predicted octanol–water partition coefficient (Wildman–Crippen LogP) is 3.30. The number of hydrogen-bond acceptors (Lipinski definition) is 3. The van der Waals surface area contributed by atoms with Gasteiger partial charge in [0.25, 0.3) is 0 Å². The van der Waals surface area contributed by atoms with Crippen LogP contribution in [0.25, 0.3) is 16.2 Å². The lowest BCUT2D eigenvalue weighted by molar-refractivity contribution is 1.17. The number of nitrogen functional groups attached to an aromatic ring is 1. The summed E-state index contributed by atoms with van der Waals surface area (Å²) in [6.07, 6.45) is 1.89. The fourth-order valence-corrected chi connectivity index (χ4v) is 2.58. The molecule has 3 heterocycles. The minimum absolute atomic E-state index is 0.482. The van der Waals surface area contributed by atoms with Gasteiger partial charge in [0.05, 0.1) is 10.4 Å². The summed E-state index contributed by atoms with van der Waals surface area (Å²) < 4.78 is 1.95. The monoisotopic (exact) mass is 249 g/mol. The Bertz CT molecular complexity index is 643. The van der Waals surface area contributed by atoms with Crippen LogP contribution in [0.2, 0.25) is 5.15 Å². The van der Waals surface area contributed by atoms with Gasteiger partial charge in [0.15, 0.2) is 11.0 Å². The molecule has 0 atom stereocenters. The Morgan fingerprint density at radius 1 is 1.38 bits per heavy atom. The molecule has 3 rings (SSSR count). The number of rotatable bonds is 1. The van der Waals surface area contributed by atoms with E-state index in [0.717, 1.165) is 16.2 Å². The van der Waals surface area contributed by atoms with Crippen molar-refractivity contribution < 1.29 is 0 Å². The second-order valence-corrected chi connectivity index (χ2v) is 4.72. The van der Waals surface area contributed by atoms with Crippen LogP contribution in [0.5, 0.6) is 0 Å². The molecule has 3 aromatic heterocycles. The Hall–Kier alpha value is -1.52. The fourth-order valence-electron chi connectivity index (χ4n) is 1.64. The number of nitrogens with zero attached hydrogens (tertiary/aromatic N) is 2. The van der Waals surface area contributed by atoms with Crippen LogP contribution in [-0.4, -0.2) is 9.38 Å². The van der Waals surface area contributed by atoms with E-state index in [-0.39, 0.29) is 0 Å². The molecular formula is C11H8ClN3S. The first kappa shape index (κ1) is 9.69. The maximum Gasteiger partial charge on any atom is 0.156 e. The van der Waals surface area contributed by atoms with E-state index in [0.29, 0.717) is 10.8 Å². The number of pyridine rings is 1. The van der Waals surface area contributed by atoms with Crippen molar-refractivity contribution in [2.45, 2.75) is 0 Å². The Morgan fingerprint density at radius 3 is 3.00 bits per heavy atom. The smallest absolute Gasteiger partial charge is 0.156 e. The van der Waals surface area contributed by atoms with Gasteiger partial charge < -0.3 is 5.73 Å². The molecule has 0 saturated heterocycles. The highest BCUT2D eigenvalue weighted by molar-refractivity contribution is 7.13. The molecule has 3 aromatic rings. The minimum Gasteiger partial charge on any atom is -0.399 e. The second-order valence-electron chi connectivity index (χ2n) is 3.42. The first-order valence-electron chi connectivity index (χ1n) is 4.72. The highest BCUT2D eigenvalue weighted by atomic mass is 35.5. The normalized spacial score (nSPS) is 11.1. The van der Waals surface area contributed by atoms with E-state index in [1.165, 1.54) is 0 Å². The lowest BCUT2D eigenvalue weighted by atomic mass is 10.3. The third-order valence-corrected chi connectivity index (χ3v) is 3.51. The van der Waals surface area contributed by atoms with E-state index in [1.54, 1.807) is 11.3 Å². The van der Waals surface area contributed by atoms with Gasteiger partial charge in [-0.15, -0.1) is 11.3 Å². The van der Waals surface area contributed by atoms with Gasteiger partial charge >= 0.3 is 0 Å². The number of halogens is 1. The van der Waals surface area contributed by atoms with Crippen molar-refractivity contribution >= 4 is 34.1 Å². The zero-order valence-electron chi connectivity index (χ0n) is 8.22. The van der Waals surface area contributed by atoms with Gasteiger partial charge in [-0.2, -0.15) is 0 Å². The first-order chi connectivity index (χ1) is 7.75. The molecule has 16 heavy (non-hydrogen) atoms. The van der Waals surface area contributed by atoms with Gasteiger partial charge in [0, 0.05) is 11.9 Å². The molecule has 5 heteroatoms. The van der Waals surface area contributed by atoms with Crippen LogP contribution in [0.4, 0.5) is 5.69 Å². The molecular weight excluding hydrogens is 242 g/mol. The molecule has 0 fully saturated rings. The summed E-state index contributed by atoms with van der Waals surface area (Å²) in [7, 11) is 0. The zero-order valence-corrected chi connectivity index (χ0v) is 9.79. The van der Waals surface area contributed by atoms with Gasteiger partial charge in [-0.05, 0) is 23.6 Å². The highest BCUT2D eigenvalue weighted by Gasteiger charge is 2.11. The average Bonchev–Trinajstić information content (AvgIpc) is 2.87. The van der Waals surface area contributed by atoms with Crippen LogP contribution in [0.15, 0.2) is 35.8 Å². The van der Waals surface area contributed by atoms with Crippen LogP contribution >= 0.6 is 22.9 Å². The standard InChI is InChI=1S/C11H8ClN3S/c12-10-8-6-7(13)3-4-15(8)11(14-10)9-2-1-5-16-9/h1-6H,13H2. The summed E-state index contributed by atoms with van der Waals surface area (Å²) in [4.78, 5) is 5.45. The molecule has 0 aliphatic heterocycles. The molecule has 0 amide bonds. The van der Waals surface area contributed by atoms with Crippen molar-refractivity contribution in [1.82, 2.24) is 9.38 Å². The molecule has 0 unspecified atom stereocenters. The Kier molecular flexibility index (Phi) is 2.12. The summed E-state index contributed by atoms with van der Waals surface area (Å²) in [5.74, 6) is 0.856. The number of thiophene rings is 1. The van der Waals surface area contributed by atoms with Crippen LogP contribution in [-0.2, 0) is 0 Å². The van der Waals surface area contributed by atoms with Crippen LogP contribution in [0, 0.1) is 0 Å². The van der Waals surface area contributed by atoms with Crippen molar-refractivity contribution in [2.24, 2.45) is 0 Å². The molecule has 80 valence electrons. The minimum atomic E-state index is 0.482. The number of nitrogens with two attached hydrogens (primary N) is 1. The number of hydrogen-bond donors (Lipinski definition) is 1. The molecule has 0 saturated carbocycles. The van der Waals surface area contributed by atoms with E-state index in [2.05, 4.69) is 4.98 Å². The zero-order chi connectivity index (χ0) is 11.1. The molecule has 3 nitrogen and oxygen atoms in total. The Morgan fingerprint density at radius 2 is 2.25 bits per heavy atom. The van der Waals surface area contributed by atoms with Gasteiger partial charge in [-0.1, -0.05) is 17.7 Å². The first-order valence-corrected chi connectivity index (χ1v) is 5.98. The lowest BCUT2D eigenvalue weighted by Gasteiger charge is -1.99. The van der Waals surface area contributed by atoms with Crippen molar-refractivity contribution in [1.29, 1.82) is 0 Å². The van der Waals surface area contributed by atoms with Crippen LogP contribution in [0.3, 0.4) is 0 Å². The fraction of sp³-hybridized carbons (Fsp3) is 0. The molecule has 0 spiro atoms. The molecule has 0 aromatic carbocycles. The topological polar surface area (TPSA) is 43.3 Å².